The standard InChI is InChI=1S/C23H21BClFN6O/c1-31(23(33)29-16-9-7-15(26)8-10-16)12-4-11-27-21-13-20(17-5-2-3-6-19(17)25)30-22-18(24)14-28-32(21)22/h2-3,5-10,13-14,27H,4,11-12H2,1H3,(H,29,33). The van der Waals surface area contributed by atoms with Gasteiger partial charge in [0.2, 0.25) is 0 Å². The van der Waals surface area contributed by atoms with E-state index in [0.717, 1.165) is 5.56 Å². The zero-order valence-corrected chi connectivity index (χ0v) is 18.7. The van der Waals surface area contributed by atoms with E-state index >= 15 is 0 Å². The monoisotopic (exact) mass is 462 g/mol. The summed E-state index contributed by atoms with van der Waals surface area (Å²) in [5.74, 6) is 0.360. The number of aromatic nitrogens is 3. The van der Waals surface area contributed by atoms with Crippen LogP contribution in [0.1, 0.15) is 6.42 Å². The summed E-state index contributed by atoms with van der Waals surface area (Å²) >= 11 is 6.36. The van der Waals surface area contributed by atoms with E-state index in [1.54, 1.807) is 22.7 Å². The van der Waals surface area contributed by atoms with E-state index in [9.17, 15) is 9.18 Å². The first kappa shape index (κ1) is 22.6. The van der Waals surface area contributed by atoms with E-state index < -0.39 is 0 Å². The molecule has 2 radical (unpaired) electrons. The molecule has 166 valence electrons. The van der Waals surface area contributed by atoms with Crippen LogP contribution < -0.4 is 16.1 Å². The molecule has 0 atom stereocenters. The first-order chi connectivity index (χ1) is 15.9. The third-order valence-corrected chi connectivity index (χ3v) is 5.40. The van der Waals surface area contributed by atoms with Gasteiger partial charge in [0.1, 0.15) is 19.5 Å². The number of fused-ring (bicyclic) bond motifs is 1. The molecule has 4 aromatic rings. The van der Waals surface area contributed by atoms with Gasteiger partial charge in [-0.05, 0) is 42.2 Å². The van der Waals surface area contributed by atoms with Crippen LogP contribution in [0.3, 0.4) is 0 Å². The Morgan fingerprint density at radius 2 is 1.97 bits per heavy atom. The minimum atomic E-state index is -0.353. The smallest absolute Gasteiger partial charge is 0.321 e. The molecule has 7 nitrogen and oxygen atoms in total. The van der Waals surface area contributed by atoms with Crippen LogP contribution >= 0.6 is 11.6 Å². The Morgan fingerprint density at radius 3 is 2.73 bits per heavy atom. The van der Waals surface area contributed by atoms with Gasteiger partial charge in [-0.1, -0.05) is 29.8 Å². The van der Waals surface area contributed by atoms with Crippen LogP contribution in [0.4, 0.5) is 20.7 Å². The van der Waals surface area contributed by atoms with Crippen molar-refractivity contribution >= 4 is 48.1 Å². The maximum atomic E-state index is 13.0. The normalized spacial score (nSPS) is 10.9. The van der Waals surface area contributed by atoms with Crippen LogP contribution in [-0.2, 0) is 0 Å². The number of nitrogens with zero attached hydrogens (tertiary/aromatic N) is 4. The summed E-state index contributed by atoms with van der Waals surface area (Å²) in [4.78, 5) is 18.5. The van der Waals surface area contributed by atoms with Crippen LogP contribution in [-0.4, -0.2) is 53.5 Å². The fourth-order valence-electron chi connectivity index (χ4n) is 3.30. The molecule has 2 aromatic heterocycles. The van der Waals surface area contributed by atoms with E-state index in [-0.39, 0.29) is 11.8 Å². The number of carbonyl (C=O) groups is 1. The maximum Gasteiger partial charge on any atom is 0.321 e. The molecule has 0 aliphatic heterocycles. The predicted molar refractivity (Wildman–Crippen MR) is 130 cm³/mol. The number of hydrogen-bond donors (Lipinski definition) is 2. The highest BCUT2D eigenvalue weighted by molar-refractivity contribution is 6.36. The summed E-state index contributed by atoms with van der Waals surface area (Å²) < 4.78 is 14.7. The quantitative estimate of drug-likeness (QED) is 0.322. The third kappa shape index (κ3) is 5.26. The summed E-state index contributed by atoms with van der Waals surface area (Å²) in [7, 11) is 7.75. The van der Waals surface area contributed by atoms with Gasteiger partial charge in [0.15, 0.2) is 5.65 Å². The van der Waals surface area contributed by atoms with Gasteiger partial charge in [-0.2, -0.15) is 9.61 Å². The number of nitrogens with one attached hydrogen (secondary N) is 2. The molecule has 0 aliphatic carbocycles. The molecule has 0 aliphatic rings. The van der Waals surface area contributed by atoms with Crippen molar-refractivity contribution in [2.45, 2.75) is 6.42 Å². The minimum Gasteiger partial charge on any atom is -0.370 e. The van der Waals surface area contributed by atoms with E-state index in [4.69, 9.17) is 19.4 Å². The van der Waals surface area contributed by atoms with E-state index in [1.165, 1.54) is 24.3 Å². The van der Waals surface area contributed by atoms with Crippen LogP contribution in [0, 0.1) is 5.82 Å². The number of hydrogen-bond acceptors (Lipinski definition) is 4. The van der Waals surface area contributed by atoms with E-state index in [0.29, 0.717) is 52.8 Å². The molecular weight excluding hydrogens is 442 g/mol. The van der Waals surface area contributed by atoms with Gasteiger partial charge in [-0.15, -0.1) is 0 Å². The Hall–Kier alpha value is -3.59. The lowest BCUT2D eigenvalue weighted by molar-refractivity contribution is 0.222. The van der Waals surface area contributed by atoms with Gasteiger partial charge in [-0.25, -0.2) is 14.2 Å². The summed E-state index contributed by atoms with van der Waals surface area (Å²) in [6, 6.07) is 14.7. The lowest BCUT2D eigenvalue weighted by Gasteiger charge is -2.18. The number of halogens is 2. The molecule has 0 unspecified atom stereocenters. The third-order valence-electron chi connectivity index (χ3n) is 5.07. The van der Waals surface area contributed by atoms with E-state index in [1.807, 2.05) is 30.3 Å². The molecule has 0 spiro atoms. The molecule has 2 heterocycles. The lowest BCUT2D eigenvalue weighted by atomic mass is 10.0. The van der Waals surface area contributed by atoms with Gasteiger partial charge < -0.3 is 15.5 Å². The van der Waals surface area contributed by atoms with E-state index in [2.05, 4.69) is 20.7 Å². The highest BCUT2D eigenvalue weighted by Crippen LogP contribution is 2.28. The molecule has 2 N–H and O–H groups in total. The maximum absolute atomic E-state index is 13.0. The number of benzene rings is 2. The van der Waals surface area contributed by atoms with Gasteiger partial charge in [0, 0.05) is 48.7 Å². The molecule has 10 heteroatoms. The molecule has 0 saturated heterocycles. The molecule has 2 amide bonds. The van der Waals surface area contributed by atoms with Crippen molar-refractivity contribution in [3.8, 4) is 11.3 Å². The number of amides is 2. The van der Waals surface area contributed by atoms with Crippen LogP contribution in [0.2, 0.25) is 5.02 Å². The average Bonchev–Trinajstić information content (AvgIpc) is 3.19. The van der Waals surface area contributed by atoms with Crippen molar-refractivity contribution in [2.24, 2.45) is 0 Å². The molecule has 4 rings (SSSR count). The second-order valence-electron chi connectivity index (χ2n) is 7.48. The topological polar surface area (TPSA) is 74.6 Å². The van der Waals surface area contributed by atoms with Crippen LogP contribution in [0.25, 0.3) is 16.9 Å². The Bertz CT molecular complexity index is 1280. The number of urea groups is 1. The van der Waals surface area contributed by atoms with Crippen LogP contribution in [0.5, 0.6) is 0 Å². The highest BCUT2D eigenvalue weighted by Gasteiger charge is 2.13. The highest BCUT2D eigenvalue weighted by atomic mass is 35.5. The van der Waals surface area contributed by atoms with Gasteiger partial charge in [-0.3, -0.25) is 0 Å². The SMILES string of the molecule is [B]c1cnn2c(NCCCN(C)C(=O)Nc3ccc(F)cc3)cc(-c3ccccc3Cl)nc12. The number of carbonyl (C=O) groups excluding carboxylic acids is 1. The van der Waals surface area contributed by atoms with Crippen molar-refractivity contribution < 1.29 is 9.18 Å². The summed E-state index contributed by atoms with van der Waals surface area (Å²) in [6.07, 6.45) is 2.23. The second kappa shape index (κ2) is 9.91. The first-order valence-electron chi connectivity index (χ1n) is 10.3. The molecule has 33 heavy (non-hydrogen) atoms. The van der Waals surface area contributed by atoms with Crippen molar-refractivity contribution in [3.63, 3.8) is 0 Å². The van der Waals surface area contributed by atoms with Crippen molar-refractivity contribution in [3.05, 3.63) is 71.6 Å². The van der Waals surface area contributed by atoms with Gasteiger partial charge in [0.25, 0.3) is 0 Å². The lowest BCUT2D eigenvalue weighted by Crippen LogP contribution is -2.33. The number of anilines is 2. The molecule has 2 aromatic carbocycles. The van der Waals surface area contributed by atoms with Crippen molar-refractivity contribution in [2.75, 3.05) is 30.8 Å². The summed E-state index contributed by atoms with van der Waals surface area (Å²) in [5.41, 5.74) is 3.00. The van der Waals surface area contributed by atoms with Crippen molar-refractivity contribution in [1.82, 2.24) is 19.5 Å². The largest absolute Gasteiger partial charge is 0.370 e. The van der Waals surface area contributed by atoms with Gasteiger partial charge >= 0.3 is 6.03 Å². The Kier molecular flexibility index (Phi) is 6.79. The Morgan fingerprint density at radius 1 is 1.21 bits per heavy atom. The average molecular weight is 463 g/mol. The molecule has 0 bridgehead atoms. The zero-order chi connectivity index (χ0) is 23.4. The molecule has 0 saturated carbocycles. The van der Waals surface area contributed by atoms with Crippen LogP contribution in [0.15, 0.2) is 60.8 Å². The first-order valence-corrected chi connectivity index (χ1v) is 10.7. The fraction of sp³-hybridized carbons (Fsp3) is 0.174. The Balaban J connectivity index is 1.40. The molecular formula is C23H21BClFN6O. The number of rotatable bonds is 7. The molecule has 0 fully saturated rings. The second-order valence-corrected chi connectivity index (χ2v) is 7.89. The summed E-state index contributed by atoms with van der Waals surface area (Å²) in [5, 5.41) is 11.0. The predicted octanol–water partition coefficient (Wildman–Crippen LogP) is 3.95. The van der Waals surface area contributed by atoms with Crippen molar-refractivity contribution in [1.29, 1.82) is 0 Å². The zero-order valence-electron chi connectivity index (χ0n) is 17.9. The summed E-state index contributed by atoms with van der Waals surface area (Å²) in [6.45, 7) is 1.09. The Labute approximate surface area is 197 Å². The fourth-order valence-corrected chi connectivity index (χ4v) is 3.53. The van der Waals surface area contributed by atoms with Gasteiger partial charge in [0.05, 0.1) is 5.69 Å². The minimum absolute atomic E-state index is 0.270.